The van der Waals surface area contributed by atoms with Gasteiger partial charge in [0, 0.05) is 22.3 Å². The lowest BCUT2D eigenvalue weighted by atomic mass is 10.2. The highest BCUT2D eigenvalue weighted by molar-refractivity contribution is 6.36. The molecule has 0 aliphatic carbocycles. The lowest BCUT2D eigenvalue weighted by molar-refractivity contribution is 0.397. The van der Waals surface area contributed by atoms with E-state index in [1.54, 1.807) is 18.2 Å². The van der Waals surface area contributed by atoms with Gasteiger partial charge in [0.2, 0.25) is 11.8 Å². The molecule has 0 amide bonds. The molecule has 0 aliphatic rings. The van der Waals surface area contributed by atoms with Gasteiger partial charge in [0.25, 0.3) is 0 Å². The highest BCUT2D eigenvalue weighted by Crippen LogP contribution is 2.31. The summed E-state index contributed by atoms with van der Waals surface area (Å²) >= 11 is 12.0. The normalized spacial score (nSPS) is 10.8. The largest absolute Gasteiger partial charge is 0.495 e. The van der Waals surface area contributed by atoms with Gasteiger partial charge < -0.3 is 9.47 Å². The minimum absolute atomic E-state index is 0.320. The fourth-order valence-electron chi connectivity index (χ4n) is 1.75. The first kappa shape index (κ1) is 16.3. The van der Waals surface area contributed by atoms with E-state index in [-0.39, 0.29) is 0 Å². The maximum absolute atomic E-state index is 6.06. The quantitative estimate of drug-likeness (QED) is 0.665. The molecule has 0 fully saturated rings. The second-order valence-corrected chi connectivity index (χ2v) is 5.10. The summed E-state index contributed by atoms with van der Waals surface area (Å²) in [4.78, 5) is 8.31. The molecular formula is C14H14Cl2N4O2. The maximum atomic E-state index is 6.06. The van der Waals surface area contributed by atoms with Gasteiger partial charge >= 0.3 is 0 Å². The van der Waals surface area contributed by atoms with Crippen molar-refractivity contribution in [2.24, 2.45) is 5.10 Å². The van der Waals surface area contributed by atoms with Crippen LogP contribution in [0.1, 0.15) is 11.3 Å². The molecule has 1 heterocycles. The standard InChI is InChI=1S/C14H14Cl2N4O2/c1-8-4-12(21-2)19-14(18-8)20-17-7-9-5-10(15)6-11(16)13(9)22-3/h4-7H,1-3H3,(H,18,19,20)/b17-7+. The summed E-state index contributed by atoms with van der Waals surface area (Å²) < 4.78 is 10.3. The van der Waals surface area contributed by atoms with Crippen LogP contribution in [0.2, 0.25) is 10.0 Å². The Balaban J connectivity index is 2.21. The zero-order chi connectivity index (χ0) is 16.1. The van der Waals surface area contributed by atoms with E-state index in [2.05, 4.69) is 20.5 Å². The number of hydrazone groups is 1. The average molecular weight is 341 g/mol. The van der Waals surface area contributed by atoms with Crippen LogP contribution in [0.15, 0.2) is 23.3 Å². The predicted octanol–water partition coefficient (Wildman–Crippen LogP) is 3.56. The molecule has 0 radical (unpaired) electrons. The summed E-state index contributed by atoms with van der Waals surface area (Å²) in [5.74, 6) is 1.26. The van der Waals surface area contributed by atoms with E-state index >= 15 is 0 Å². The lowest BCUT2D eigenvalue weighted by Gasteiger charge is -2.07. The van der Waals surface area contributed by atoms with Crippen molar-refractivity contribution in [3.63, 3.8) is 0 Å². The van der Waals surface area contributed by atoms with Gasteiger partial charge in [-0.05, 0) is 19.1 Å². The summed E-state index contributed by atoms with van der Waals surface area (Å²) in [6, 6.07) is 5.01. The average Bonchev–Trinajstić information content (AvgIpc) is 2.46. The van der Waals surface area contributed by atoms with Gasteiger partial charge in [0.15, 0.2) is 0 Å². The zero-order valence-corrected chi connectivity index (χ0v) is 13.7. The molecule has 116 valence electrons. The van der Waals surface area contributed by atoms with Crippen molar-refractivity contribution in [3.05, 3.63) is 39.5 Å². The Labute approximate surface area is 138 Å². The highest BCUT2D eigenvalue weighted by atomic mass is 35.5. The van der Waals surface area contributed by atoms with Crippen LogP contribution in [0.4, 0.5) is 5.95 Å². The summed E-state index contributed by atoms with van der Waals surface area (Å²) in [7, 11) is 3.06. The Morgan fingerprint density at radius 2 is 1.91 bits per heavy atom. The molecule has 2 rings (SSSR count). The van der Waals surface area contributed by atoms with Crippen molar-refractivity contribution < 1.29 is 9.47 Å². The Morgan fingerprint density at radius 1 is 1.14 bits per heavy atom. The first-order chi connectivity index (χ1) is 10.5. The Morgan fingerprint density at radius 3 is 2.59 bits per heavy atom. The van der Waals surface area contributed by atoms with Crippen LogP contribution in [-0.4, -0.2) is 30.4 Å². The number of aryl methyl sites for hydroxylation is 1. The van der Waals surface area contributed by atoms with E-state index in [9.17, 15) is 0 Å². The van der Waals surface area contributed by atoms with E-state index in [1.165, 1.54) is 20.4 Å². The van der Waals surface area contributed by atoms with Crippen LogP contribution in [0, 0.1) is 6.92 Å². The molecule has 0 aliphatic heterocycles. The molecular weight excluding hydrogens is 327 g/mol. The second kappa shape index (κ2) is 7.29. The SMILES string of the molecule is COc1cc(C)nc(N/N=C/c2cc(Cl)cc(Cl)c2OC)n1. The topological polar surface area (TPSA) is 68.6 Å². The van der Waals surface area contributed by atoms with Gasteiger partial charge in [0.1, 0.15) is 5.75 Å². The number of rotatable bonds is 5. The summed E-state index contributed by atoms with van der Waals surface area (Å²) in [5.41, 5.74) is 4.11. The van der Waals surface area contributed by atoms with Crippen LogP contribution in [0.5, 0.6) is 11.6 Å². The monoisotopic (exact) mass is 340 g/mol. The first-order valence-corrected chi connectivity index (χ1v) is 7.01. The van der Waals surface area contributed by atoms with Crippen molar-refractivity contribution >= 4 is 35.4 Å². The van der Waals surface area contributed by atoms with Crippen LogP contribution in [0.25, 0.3) is 0 Å². The van der Waals surface area contributed by atoms with Gasteiger partial charge in [0.05, 0.1) is 25.5 Å². The van der Waals surface area contributed by atoms with Crippen molar-refractivity contribution in [1.29, 1.82) is 0 Å². The fraction of sp³-hybridized carbons (Fsp3) is 0.214. The number of ether oxygens (including phenoxy) is 2. The van der Waals surface area contributed by atoms with Crippen LogP contribution in [0.3, 0.4) is 0 Å². The number of hydrogen-bond acceptors (Lipinski definition) is 6. The fourth-order valence-corrected chi connectivity index (χ4v) is 2.33. The molecule has 0 bridgehead atoms. The number of aromatic nitrogens is 2. The van der Waals surface area contributed by atoms with Gasteiger partial charge in [-0.2, -0.15) is 10.1 Å². The molecule has 0 unspecified atom stereocenters. The minimum Gasteiger partial charge on any atom is -0.495 e. The summed E-state index contributed by atoms with van der Waals surface area (Å²) in [6.45, 7) is 1.83. The van der Waals surface area contributed by atoms with Gasteiger partial charge in [-0.3, -0.25) is 0 Å². The van der Waals surface area contributed by atoms with Crippen molar-refractivity contribution in [1.82, 2.24) is 9.97 Å². The molecule has 1 N–H and O–H groups in total. The number of halogens is 2. The second-order valence-electron chi connectivity index (χ2n) is 4.26. The van der Waals surface area contributed by atoms with Crippen molar-refractivity contribution in [2.45, 2.75) is 6.92 Å². The van der Waals surface area contributed by atoms with E-state index < -0.39 is 0 Å². The van der Waals surface area contributed by atoms with E-state index in [4.69, 9.17) is 32.7 Å². The number of methoxy groups -OCH3 is 2. The Hall–Kier alpha value is -2.05. The van der Waals surface area contributed by atoms with Gasteiger partial charge in [-0.15, -0.1) is 0 Å². The number of anilines is 1. The van der Waals surface area contributed by atoms with E-state index in [0.717, 1.165) is 5.69 Å². The first-order valence-electron chi connectivity index (χ1n) is 6.25. The van der Waals surface area contributed by atoms with Crippen LogP contribution >= 0.6 is 23.2 Å². The van der Waals surface area contributed by atoms with Crippen LogP contribution < -0.4 is 14.9 Å². The molecule has 22 heavy (non-hydrogen) atoms. The minimum atomic E-state index is 0.320. The third kappa shape index (κ3) is 3.99. The Kier molecular flexibility index (Phi) is 5.41. The van der Waals surface area contributed by atoms with E-state index in [1.807, 2.05) is 6.92 Å². The van der Waals surface area contributed by atoms with Crippen LogP contribution in [-0.2, 0) is 0 Å². The molecule has 0 saturated carbocycles. The third-order valence-corrected chi connectivity index (χ3v) is 3.15. The van der Waals surface area contributed by atoms with Crippen molar-refractivity contribution in [2.75, 3.05) is 19.6 Å². The van der Waals surface area contributed by atoms with E-state index in [0.29, 0.717) is 33.2 Å². The molecule has 0 atom stereocenters. The Bertz CT molecular complexity index is 707. The predicted molar refractivity (Wildman–Crippen MR) is 87.6 cm³/mol. The number of nitrogens with one attached hydrogen (secondary N) is 1. The molecule has 1 aromatic heterocycles. The third-order valence-electron chi connectivity index (χ3n) is 2.65. The molecule has 0 saturated heterocycles. The molecule has 1 aromatic carbocycles. The highest BCUT2D eigenvalue weighted by Gasteiger charge is 2.08. The molecule has 2 aromatic rings. The smallest absolute Gasteiger partial charge is 0.247 e. The van der Waals surface area contributed by atoms with Crippen molar-refractivity contribution in [3.8, 4) is 11.6 Å². The van der Waals surface area contributed by atoms with Gasteiger partial charge in [-0.25, -0.2) is 10.4 Å². The van der Waals surface area contributed by atoms with Gasteiger partial charge in [-0.1, -0.05) is 23.2 Å². The number of benzene rings is 1. The number of nitrogens with zero attached hydrogens (tertiary/aromatic N) is 3. The zero-order valence-electron chi connectivity index (χ0n) is 12.2. The lowest BCUT2D eigenvalue weighted by Crippen LogP contribution is -2.01. The summed E-state index contributed by atoms with van der Waals surface area (Å²) in [6.07, 6.45) is 1.52. The molecule has 8 heteroatoms. The number of hydrogen-bond donors (Lipinski definition) is 1. The summed E-state index contributed by atoms with van der Waals surface area (Å²) in [5, 5.41) is 4.96. The molecule has 0 spiro atoms. The molecule has 6 nitrogen and oxygen atoms in total. The maximum Gasteiger partial charge on any atom is 0.247 e.